The quantitative estimate of drug-likeness (QED) is 0.471. The number of H-pyrrole nitrogens is 2. The predicted octanol–water partition coefficient (Wildman–Crippen LogP) is 4.13. The molecule has 0 bridgehead atoms. The van der Waals surface area contributed by atoms with E-state index in [1.807, 2.05) is 6.92 Å². The van der Waals surface area contributed by atoms with Gasteiger partial charge in [0, 0.05) is 6.20 Å². The molecule has 2 atom stereocenters. The first-order valence-electron chi connectivity index (χ1n) is 11.1. The lowest BCUT2D eigenvalue weighted by Gasteiger charge is -2.39. The number of fused-ring (bicyclic) bond motifs is 1. The van der Waals surface area contributed by atoms with Gasteiger partial charge in [-0.1, -0.05) is 19.9 Å². The highest BCUT2D eigenvalue weighted by atomic mass is 19.1. The first kappa shape index (κ1) is 22.0. The average molecular weight is 463 g/mol. The van der Waals surface area contributed by atoms with Gasteiger partial charge in [0.1, 0.15) is 17.3 Å². The number of hydrogen-bond donors (Lipinski definition) is 2. The molecule has 0 aliphatic heterocycles. The fourth-order valence-corrected chi connectivity index (χ4v) is 4.78. The van der Waals surface area contributed by atoms with Crippen molar-refractivity contribution < 1.29 is 8.78 Å². The topological polar surface area (TPSA) is 113 Å². The van der Waals surface area contributed by atoms with Crippen LogP contribution in [0.2, 0.25) is 0 Å². The second kappa shape index (κ2) is 8.19. The SMILES string of the molecule is CC(C)[C@H]1CC[C@](C)(c2cncc(-c3n[nH]c(=O)[nH]3)n2)c2nnc(-c3c(F)cccc3F)cc21. The van der Waals surface area contributed by atoms with E-state index in [0.29, 0.717) is 17.1 Å². The van der Waals surface area contributed by atoms with E-state index in [4.69, 9.17) is 4.98 Å². The summed E-state index contributed by atoms with van der Waals surface area (Å²) in [5.41, 5.74) is 1.58. The molecule has 8 nitrogen and oxygen atoms in total. The minimum absolute atomic E-state index is 0.144. The number of hydrogen-bond acceptors (Lipinski definition) is 6. The highest BCUT2D eigenvalue weighted by Gasteiger charge is 2.42. The predicted molar refractivity (Wildman–Crippen MR) is 121 cm³/mol. The second-order valence-electron chi connectivity index (χ2n) is 9.17. The van der Waals surface area contributed by atoms with Gasteiger partial charge in [-0.3, -0.25) is 9.97 Å². The van der Waals surface area contributed by atoms with Crippen molar-refractivity contribution in [3.8, 4) is 22.8 Å². The number of benzene rings is 1. The number of halogens is 2. The van der Waals surface area contributed by atoms with Crippen LogP contribution in [0.25, 0.3) is 22.8 Å². The molecule has 0 saturated carbocycles. The maximum Gasteiger partial charge on any atom is 0.340 e. The monoisotopic (exact) mass is 463 g/mol. The summed E-state index contributed by atoms with van der Waals surface area (Å²) in [6, 6.07) is 5.51. The first-order chi connectivity index (χ1) is 16.3. The summed E-state index contributed by atoms with van der Waals surface area (Å²) in [4.78, 5) is 23.1. The highest BCUT2D eigenvalue weighted by Crippen LogP contribution is 2.48. The van der Waals surface area contributed by atoms with Gasteiger partial charge in [-0.25, -0.2) is 23.7 Å². The van der Waals surface area contributed by atoms with Crippen LogP contribution in [0.5, 0.6) is 0 Å². The molecule has 0 saturated heterocycles. The number of aromatic amines is 2. The molecule has 174 valence electrons. The van der Waals surface area contributed by atoms with E-state index in [1.165, 1.54) is 24.4 Å². The van der Waals surface area contributed by atoms with Crippen molar-refractivity contribution in [2.75, 3.05) is 0 Å². The maximum atomic E-state index is 14.5. The maximum absolute atomic E-state index is 14.5. The molecule has 0 fully saturated rings. The van der Waals surface area contributed by atoms with E-state index in [9.17, 15) is 13.6 Å². The molecule has 1 aromatic carbocycles. The van der Waals surface area contributed by atoms with E-state index >= 15 is 0 Å². The Morgan fingerprint density at radius 2 is 1.88 bits per heavy atom. The Bertz CT molecular complexity index is 1410. The van der Waals surface area contributed by atoms with E-state index in [0.717, 1.165) is 18.4 Å². The molecule has 3 aromatic heterocycles. The van der Waals surface area contributed by atoms with Gasteiger partial charge in [0.15, 0.2) is 5.82 Å². The van der Waals surface area contributed by atoms with Crippen molar-refractivity contribution in [2.45, 2.75) is 44.9 Å². The van der Waals surface area contributed by atoms with Crippen molar-refractivity contribution >= 4 is 0 Å². The molecule has 0 amide bonds. The zero-order valence-electron chi connectivity index (χ0n) is 18.9. The second-order valence-corrected chi connectivity index (χ2v) is 9.17. The number of nitrogens with zero attached hydrogens (tertiary/aromatic N) is 5. The molecule has 0 spiro atoms. The van der Waals surface area contributed by atoms with Gasteiger partial charge in [0.25, 0.3) is 0 Å². The Morgan fingerprint density at radius 1 is 1.12 bits per heavy atom. The Labute approximate surface area is 193 Å². The average Bonchev–Trinajstić information content (AvgIpc) is 3.25. The molecule has 1 aliphatic rings. The molecule has 5 rings (SSSR count). The smallest absolute Gasteiger partial charge is 0.288 e. The van der Waals surface area contributed by atoms with Gasteiger partial charge in [-0.2, -0.15) is 10.2 Å². The summed E-state index contributed by atoms with van der Waals surface area (Å²) < 4.78 is 29.0. The Kier molecular flexibility index (Phi) is 5.30. The number of nitrogens with one attached hydrogen (secondary N) is 2. The van der Waals surface area contributed by atoms with Gasteiger partial charge in [0.2, 0.25) is 0 Å². The highest BCUT2D eigenvalue weighted by molar-refractivity contribution is 5.62. The van der Waals surface area contributed by atoms with Crippen LogP contribution in [0.15, 0.2) is 41.5 Å². The standard InChI is InChI=1S/C24H23F2N7O/c1-12(2)13-7-8-24(3,19-11-27-10-18(28-19)22-29-23(34)33-32-22)21-14(13)9-17(30-31-21)20-15(25)5-4-6-16(20)26/h4-6,9-13H,7-8H2,1-3H3,(H2,29,32,33,34)/t13-,24-/m1/s1. The van der Waals surface area contributed by atoms with Crippen molar-refractivity contribution in [3.63, 3.8) is 0 Å². The summed E-state index contributed by atoms with van der Waals surface area (Å²) >= 11 is 0. The summed E-state index contributed by atoms with van der Waals surface area (Å²) in [6.07, 6.45) is 4.76. The third-order valence-corrected chi connectivity index (χ3v) is 6.67. The fraction of sp³-hybridized carbons (Fsp3) is 0.333. The van der Waals surface area contributed by atoms with Crippen LogP contribution in [-0.2, 0) is 5.41 Å². The van der Waals surface area contributed by atoms with Gasteiger partial charge in [0.05, 0.1) is 34.3 Å². The number of rotatable bonds is 4. The van der Waals surface area contributed by atoms with Crippen LogP contribution in [0.1, 0.15) is 56.5 Å². The van der Waals surface area contributed by atoms with Gasteiger partial charge >= 0.3 is 5.69 Å². The van der Waals surface area contributed by atoms with Crippen molar-refractivity contribution in [2.24, 2.45) is 5.92 Å². The molecule has 34 heavy (non-hydrogen) atoms. The van der Waals surface area contributed by atoms with Crippen molar-refractivity contribution in [3.05, 3.63) is 75.7 Å². The molecule has 4 aromatic rings. The minimum atomic E-state index is -0.680. The lowest BCUT2D eigenvalue weighted by molar-refractivity contribution is 0.347. The minimum Gasteiger partial charge on any atom is -0.288 e. The third-order valence-electron chi connectivity index (χ3n) is 6.67. The summed E-state index contributed by atoms with van der Waals surface area (Å²) in [5.74, 6) is -0.639. The zero-order valence-corrected chi connectivity index (χ0v) is 18.9. The fourth-order valence-electron chi connectivity index (χ4n) is 4.78. The Morgan fingerprint density at radius 3 is 2.56 bits per heavy atom. The summed E-state index contributed by atoms with van der Waals surface area (Å²) in [7, 11) is 0. The summed E-state index contributed by atoms with van der Waals surface area (Å²) in [5, 5.41) is 15.0. The van der Waals surface area contributed by atoms with Crippen LogP contribution in [-0.4, -0.2) is 35.3 Å². The zero-order chi connectivity index (χ0) is 24.0. The van der Waals surface area contributed by atoms with Crippen LogP contribution < -0.4 is 5.69 Å². The van der Waals surface area contributed by atoms with Crippen molar-refractivity contribution in [1.82, 2.24) is 35.3 Å². The molecule has 2 N–H and O–H groups in total. The van der Waals surface area contributed by atoms with E-state index in [1.54, 1.807) is 12.3 Å². The lowest BCUT2D eigenvalue weighted by Crippen LogP contribution is -2.34. The molecule has 3 heterocycles. The van der Waals surface area contributed by atoms with Crippen LogP contribution in [0, 0.1) is 17.6 Å². The third kappa shape index (κ3) is 3.59. The van der Waals surface area contributed by atoms with E-state index in [2.05, 4.69) is 44.2 Å². The van der Waals surface area contributed by atoms with Crippen LogP contribution >= 0.6 is 0 Å². The molecule has 0 radical (unpaired) electrons. The Hall–Kier alpha value is -3.82. The van der Waals surface area contributed by atoms with Crippen LogP contribution in [0.4, 0.5) is 8.78 Å². The molecular formula is C24H23F2N7O. The molecular weight excluding hydrogens is 440 g/mol. The van der Waals surface area contributed by atoms with E-state index in [-0.39, 0.29) is 28.9 Å². The molecule has 0 unspecified atom stereocenters. The molecule has 10 heteroatoms. The number of aromatic nitrogens is 7. The lowest BCUT2D eigenvalue weighted by atomic mass is 9.66. The van der Waals surface area contributed by atoms with Gasteiger partial charge < -0.3 is 0 Å². The largest absolute Gasteiger partial charge is 0.340 e. The molecule has 1 aliphatic carbocycles. The Balaban J connectivity index is 1.66. The normalized spacial score (nSPS) is 19.9. The van der Waals surface area contributed by atoms with Crippen molar-refractivity contribution in [1.29, 1.82) is 0 Å². The van der Waals surface area contributed by atoms with Gasteiger partial charge in [-0.05, 0) is 55.4 Å². The first-order valence-corrected chi connectivity index (χ1v) is 11.1. The summed E-state index contributed by atoms with van der Waals surface area (Å²) in [6.45, 7) is 6.26. The van der Waals surface area contributed by atoms with Gasteiger partial charge in [-0.15, -0.1) is 5.10 Å². The van der Waals surface area contributed by atoms with E-state index < -0.39 is 22.7 Å². The van der Waals surface area contributed by atoms with Crippen LogP contribution in [0.3, 0.4) is 0 Å².